The zero-order valence-corrected chi connectivity index (χ0v) is 10.3. The van der Waals surface area contributed by atoms with Gasteiger partial charge in [0.25, 0.3) is 0 Å². The van der Waals surface area contributed by atoms with Crippen molar-refractivity contribution in [1.29, 1.82) is 0 Å². The van der Waals surface area contributed by atoms with Crippen molar-refractivity contribution in [3.05, 3.63) is 23.8 Å². The summed E-state index contributed by atoms with van der Waals surface area (Å²) in [5.74, 6) is 1.11. The number of hydrogen-bond acceptors (Lipinski definition) is 4. The second-order valence-electron chi connectivity index (χ2n) is 4.29. The highest BCUT2D eigenvalue weighted by atomic mass is 16.5. The van der Waals surface area contributed by atoms with Crippen molar-refractivity contribution in [3.8, 4) is 11.5 Å². The minimum atomic E-state index is -0.570. The maximum absolute atomic E-state index is 11.8. The van der Waals surface area contributed by atoms with Crippen molar-refractivity contribution in [2.24, 2.45) is 0 Å². The first-order valence-corrected chi connectivity index (χ1v) is 5.51. The molecule has 0 radical (unpaired) electrons. The number of benzene rings is 1. The molecule has 0 aromatic heterocycles. The van der Waals surface area contributed by atoms with Gasteiger partial charge in [-0.25, -0.2) is 0 Å². The highest BCUT2D eigenvalue weighted by Crippen LogP contribution is 2.38. The molecule has 0 bridgehead atoms. The molecule has 1 fully saturated rings. The molecule has 92 valence electrons. The quantitative estimate of drug-likeness (QED) is 0.752. The average molecular weight is 236 g/mol. The highest BCUT2D eigenvalue weighted by Gasteiger charge is 2.41. The van der Waals surface area contributed by atoms with E-state index in [-0.39, 0.29) is 5.97 Å². The van der Waals surface area contributed by atoms with Crippen LogP contribution < -0.4 is 9.47 Å². The predicted octanol–water partition coefficient (Wildman–Crippen LogP) is 1.91. The van der Waals surface area contributed by atoms with Crippen LogP contribution in [0.1, 0.15) is 18.9 Å². The first kappa shape index (κ1) is 11.8. The fourth-order valence-electron chi connectivity index (χ4n) is 2.05. The van der Waals surface area contributed by atoms with Crippen molar-refractivity contribution >= 4 is 5.97 Å². The number of cyclic esters (lactones) is 1. The number of methoxy groups -OCH3 is 2. The van der Waals surface area contributed by atoms with E-state index in [9.17, 15) is 4.79 Å². The second kappa shape index (κ2) is 4.28. The summed E-state index contributed by atoms with van der Waals surface area (Å²) in [4.78, 5) is 11.8. The molecular formula is C13H16O4. The zero-order valence-electron chi connectivity index (χ0n) is 10.3. The average Bonchev–Trinajstić information content (AvgIpc) is 2.70. The molecule has 1 unspecified atom stereocenters. The summed E-state index contributed by atoms with van der Waals surface area (Å²) in [5, 5.41) is 0. The van der Waals surface area contributed by atoms with Crippen LogP contribution >= 0.6 is 0 Å². The fraction of sp³-hybridized carbons (Fsp3) is 0.462. The third-order valence-electron chi connectivity index (χ3n) is 3.31. The zero-order chi connectivity index (χ0) is 12.5. The summed E-state index contributed by atoms with van der Waals surface area (Å²) in [5.41, 5.74) is 0.331. The van der Waals surface area contributed by atoms with E-state index in [0.717, 1.165) is 5.56 Å². The molecule has 0 saturated carbocycles. The Kier molecular flexibility index (Phi) is 2.96. The van der Waals surface area contributed by atoms with Crippen molar-refractivity contribution in [2.45, 2.75) is 18.8 Å². The van der Waals surface area contributed by atoms with Gasteiger partial charge in [0.15, 0.2) is 11.5 Å². The van der Waals surface area contributed by atoms with Gasteiger partial charge < -0.3 is 14.2 Å². The summed E-state index contributed by atoms with van der Waals surface area (Å²) in [6.45, 7) is 2.37. The Morgan fingerprint density at radius 1 is 1.24 bits per heavy atom. The van der Waals surface area contributed by atoms with Crippen LogP contribution in [0.4, 0.5) is 0 Å². The lowest BCUT2D eigenvalue weighted by Crippen LogP contribution is -2.27. The fourth-order valence-corrected chi connectivity index (χ4v) is 2.05. The summed E-state index contributed by atoms with van der Waals surface area (Å²) >= 11 is 0. The van der Waals surface area contributed by atoms with Gasteiger partial charge in [-0.15, -0.1) is 0 Å². The molecule has 0 N–H and O–H groups in total. The standard InChI is InChI=1S/C13H16O4/c1-13(6-7-17-12(13)14)9-4-5-10(15-2)11(8-9)16-3/h4-5,8H,6-7H2,1-3H3. The van der Waals surface area contributed by atoms with Crippen molar-refractivity contribution in [2.75, 3.05) is 20.8 Å². The molecule has 1 aromatic carbocycles. The van der Waals surface area contributed by atoms with Crippen LogP contribution in [0, 0.1) is 0 Å². The second-order valence-corrected chi connectivity index (χ2v) is 4.29. The summed E-state index contributed by atoms with van der Waals surface area (Å²) < 4.78 is 15.5. The Morgan fingerprint density at radius 2 is 1.94 bits per heavy atom. The third-order valence-corrected chi connectivity index (χ3v) is 3.31. The van der Waals surface area contributed by atoms with Gasteiger partial charge in [0.1, 0.15) is 0 Å². The Hall–Kier alpha value is -1.71. The van der Waals surface area contributed by atoms with Crippen LogP contribution in [0.15, 0.2) is 18.2 Å². The van der Waals surface area contributed by atoms with E-state index in [1.165, 1.54) is 0 Å². The summed E-state index contributed by atoms with van der Waals surface area (Å²) in [7, 11) is 3.17. The van der Waals surface area contributed by atoms with E-state index in [1.807, 2.05) is 25.1 Å². The van der Waals surface area contributed by atoms with Gasteiger partial charge in [0, 0.05) is 6.42 Å². The van der Waals surface area contributed by atoms with E-state index in [4.69, 9.17) is 14.2 Å². The summed E-state index contributed by atoms with van der Waals surface area (Å²) in [6.07, 6.45) is 0.696. The first-order chi connectivity index (χ1) is 8.11. The molecule has 17 heavy (non-hydrogen) atoms. The minimum absolute atomic E-state index is 0.176. The lowest BCUT2D eigenvalue weighted by Gasteiger charge is -2.20. The number of esters is 1. The van der Waals surface area contributed by atoms with Gasteiger partial charge in [-0.1, -0.05) is 6.07 Å². The monoisotopic (exact) mass is 236 g/mol. The van der Waals surface area contributed by atoms with Gasteiger partial charge >= 0.3 is 5.97 Å². The molecule has 0 amide bonds. The van der Waals surface area contributed by atoms with Crippen LogP contribution in [0.3, 0.4) is 0 Å². The molecule has 1 aromatic rings. The lowest BCUT2D eigenvalue weighted by atomic mass is 9.81. The first-order valence-electron chi connectivity index (χ1n) is 5.51. The molecule has 1 heterocycles. The van der Waals surface area contributed by atoms with Crippen LogP contribution in [0.25, 0.3) is 0 Å². The SMILES string of the molecule is COc1ccc(C2(C)CCOC2=O)cc1OC. The van der Waals surface area contributed by atoms with Crippen LogP contribution in [-0.2, 0) is 14.9 Å². The number of rotatable bonds is 3. The minimum Gasteiger partial charge on any atom is -0.493 e. The summed E-state index contributed by atoms with van der Waals surface area (Å²) in [6, 6.07) is 5.53. The predicted molar refractivity (Wildman–Crippen MR) is 62.5 cm³/mol. The van der Waals surface area contributed by atoms with Crippen LogP contribution in [0.2, 0.25) is 0 Å². The van der Waals surface area contributed by atoms with Crippen LogP contribution in [0.5, 0.6) is 11.5 Å². The normalized spacial score (nSPS) is 23.4. The topological polar surface area (TPSA) is 44.8 Å². The van der Waals surface area contributed by atoms with E-state index >= 15 is 0 Å². The van der Waals surface area contributed by atoms with Crippen molar-refractivity contribution in [3.63, 3.8) is 0 Å². The van der Waals surface area contributed by atoms with E-state index in [0.29, 0.717) is 24.5 Å². The van der Waals surface area contributed by atoms with E-state index in [1.54, 1.807) is 14.2 Å². The Balaban J connectivity index is 2.43. The van der Waals surface area contributed by atoms with Crippen molar-refractivity contribution in [1.82, 2.24) is 0 Å². The molecule has 1 aliphatic rings. The molecule has 0 aliphatic carbocycles. The molecule has 4 heteroatoms. The third kappa shape index (κ3) is 1.84. The molecule has 1 saturated heterocycles. The highest BCUT2D eigenvalue weighted by molar-refractivity contribution is 5.84. The molecule has 0 spiro atoms. The number of carbonyl (C=O) groups excluding carboxylic acids is 1. The molecule has 1 atom stereocenters. The largest absolute Gasteiger partial charge is 0.493 e. The number of hydrogen-bond donors (Lipinski definition) is 0. The van der Waals surface area contributed by atoms with Gasteiger partial charge in [-0.05, 0) is 24.6 Å². The molecule has 4 nitrogen and oxygen atoms in total. The van der Waals surface area contributed by atoms with E-state index < -0.39 is 5.41 Å². The Morgan fingerprint density at radius 3 is 2.47 bits per heavy atom. The smallest absolute Gasteiger partial charge is 0.316 e. The number of ether oxygens (including phenoxy) is 3. The van der Waals surface area contributed by atoms with Gasteiger partial charge in [0.05, 0.1) is 26.2 Å². The molecule has 1 aliphatic heterocycles. The number of carbonyl (C=O) groups is 1. The maximum atomic E-state index is 11.8. The van der Waals surface area contributed by atoms with Crippen molar-refractivity contribution < 1.29 is 19.0 Å². The maximum Gasteiger partial charge on any atom is 0.316 e. The van der Waals surface area contributed by atoms with Gasteiger partial charge in [-0.2, -0.15) is 0 Å². The van der Waals surface area contributed by atoms with Crippen LogP contribution in [-0.4, -0.2) is 26.8 Å². The lowest BCUT2D eigenvalue weighted by molar-refractivity contribution is -0.142. The Labute approximate surface area is 100 Å². The van der Waals surface area contributed by atoms with E-state index in [2.05, 4.69) is 0 Å². The molecule has 2 rings (SSSR count). The van der Waals surface area contributed by atoms with Gasteiger partial charge in [-0.3, -0.25) is 4.79 Å². The van der Waals surface area contributed by atoms with Gasteiger partial charge in [0.2, 0.25) is 0 Å². The Bertz CT molecular complexity index is 441. The molecular weight excluding hydrogens is 220 g/mol.